The molecule has 0 saturated heterocycles. The predicted molar refractivity (Wildman–Crippen MR) is 292 cm³/mol. The van der Waals surface area contributed by atoms with Crippen LogP contribution >= 0.6 is 0 Å². The fourth-order valence-corrected chi connectivity index (χ4v) is 9.48. The minimum absolute atomic E-state index is 0.0658. The molecule has 6 heteroatoms. The molecule has 0 bridgehead atoms. The number of allylic oxidation sites excluding steroid dienone is 4. The largest absolute Gasteiger partial charge is 0.462 e. The number of carbonyl (C=O) groups excluding carboxylic acids is 2. The lowest BCUT2D eigenvalue weighted by atomic mass is 10.0. The molecule has 0 aliphatic rings. The van der Waals surface area contributed by atoms with Gasteiger partial charge in [0.15, 0.2) is 0 Å². The highest BCUT2D eigenvalue weighted by Gasteiger charge is 2.24. The molecule has 3 unspecified atom stereocenters. The van der Waals surface area contributed by atoms with E-state index in [2.05, 4.69) is 50.4 Å². The minimum Gasteiger partial charge on any atom is -0.462 e. The maximum atomic E-state index is 13.3. The Balaban J connectivity index is 4.53. The number of hydrogen-bond donors (Lipinski definition) is 3. The molecular formula is C61H117NO5. The molecule has 0 heterocycles. The molecule has 0 aromatic carbocycles. The van der Waals surface area contributed by atoms with E-state index in [1.807, 2.05) is 0 Å². The second kappa shape index (κ2) is 55.3. The van der Waals surface area contributed by atoms with E-state index in [0.29, 0.717) is 19.3 Å². The Labute approximate surface area is 418 Å². The Morgan fingerprint density at radius 3 is 1.12 bits per heavy atom. The van der Waals surface area contributed by atoms with Gasteiger partial charge in [-0.2, -0.15) is 0 Å². The summed E-state index contributed by atoms with van der Waals surface area (Å²) in [5.41, 5.74) is 0. The molecule has 0 aliphatic carbocycles. The van der Waals surface area contributed by atoms with Crippen LogP contribution in [0.3, 0.4) is 0 Å². The number of hydrogen-bond acceptors (Lipinski definition) is 5. The average molecular weight is 945 g/mol. The quantitative estimate of drug-likeness (QED) is 0.0321. The monoisotopic (exact) mass is 944 g/mol. The summed E-state index contributed by atoms with van der Waals surface area (Å²) >= 11 is 0. The van der Waals surface area contributed by atoms with Crippen LogP contribution in [0.2, 0.25) is 0 Å². The van der Waals surface area contributed by atoms with Crippen molar-refractivity contribution in [1.29, 1.82) is 0 Å². The first-order chi connectivity index (χ1) is 33.0. The van der Waals surface area contributed by atoms with Crippen molar-refractivity contribution < 1.29 is 24.5 Å². The van der Waals surface area contributed by atoms with Gasteiger partial charge in [0.05, 0.1) is 25.2 Å². The summed E-state index contributed by atoms with van der Waals surface area (Å²) in [4.78, 5) is 26.3. The molecule has 0 aromatic rings. The molecule has 396 valence electrons. The van der Waals surface area contributed by atoms with Gasteiger partial charge in [0.25, 0.3) is 0 Å². The Morgan fingerprint density at radius 2 is 0.746 bits per heavy atom. The summed E-state index contributed by atoms with van der Waals surface area (Å²) in [5.74, 6) is -0.479. The van der Waals surface area contributed by atoms with Crippen LogP contribution in [0.25, 0.3) is 0 Å². The van der Waals surface area contributed by atoms with Crippen LogP contribution in [-0.2, 0) is 14.3 Å². The number of carbonyl (C=O) groups is 2. The van der Waals surface area contributed by atoms with Crippen molar-refractivity contribution in [1.82, 2.24) is 5.32 Å². The van der Waals surface area contributed by atoms with Crippen molar-refractivity contribution in [3.8, 4) is 0 Å². The van der Waals surface area contributed by atoms with E-state index in [0.717, 1.165) is 64.2 Å². The molecule has 1 amide bonds. The molecule has 0 aromatic heterocycles. The van der Waals surface area contributed by atoms with Gasteiger partial charge in [0.2, 0.25) is 5.91 Å². The van der Waals surface area contributed by atoms with E-state index < -0.39 is 18.2 Å². The topological polar surface area (TPSA) is 95.9 Å². The normalized spacial score (nSPS) is 13.2. The first-order valence-electron chi connectivity index (χ1n) is 30.1. The van der Waals surface area contributed by atoms with E-state index in [1.54, 1.807) is 0 Å². The fraction of sp³-hybridized carbons (Fsp3) is 0.902. The maximum Gasteiger partial charge on any atom is 0.306 e. The lowest BCUT2D eigenvalue weighted by molar-refractivity contribution is -0.151. The van der Waals surface area contributed by atoms with Crippen molar-refractivity contribution in [2.75, 3.05) is 6.61 Å². The summed E-state index contributed by atoms with van der Waals surface area (Å²) in [5, 5.41) is 23.9. The van der Waals surface area contributed by atoms with Gasteiger partial charge in [-0.05, 0) is 51.4 Å². The lowest BCUT2D eigenvalue weighted by Gasteiger charge is -2.24. The van der Waals surface area contributed by atoms with Gasteiger partial charge in [0, 0.05) is 6.42 Å². The Hall–Kier alpha value is -1.66. The van der Waals surface area contributed by atoms with Crippen LogP contribution in [-0.4, -0.2) is 46.9 Å². The highest BCUT2D eigenvalue weighted by Crippen LogP contribution is 2.19. The average Bonchev–Trinajstić information content (AvgIpc) is 3.32. The molecule has 0 spiro atoms. The van der Waals surface area contributed by atoms with Crippen molar-refractivity contribution in [2.45, 2.75) is 347 Å². The third-order valence-electron chi connectivity index (χ3n) is 14.1. The molecule has 3 N–H and O–H groups in total. The third kappa shape index (κ3) is 50.5. The van der Waals surface area contributed by atoms with Crippen LogP contribution in [0.15, 0.2) is 24.3 Å². The first-order valence-corrected chi connectivity index (χ1v) is 30.1. The molecule has 0 aliphatic heterocycles. The first kappa shape index (κ1) is 65.3. The van der Waals surface area contributed by atoms with Crippen LogP contribution in [0, 0.1) is 0 Å². The van der Waals surface area contributed by atoms with E-state index in [9.17, 15) is 19.8 Å². The second-order valence-corrected chi connectivity index (χ2v) is 20.8. The molecule has 0 rings (SSSR count). The number of rotatable bonds is 55. The Morgan fingerprint density at radius 1 is 0.433 bits per heavy atom. The highest BCUT2D eigenvalue weighted by molar-refractivity contribution is 5.77. The van der Waals surface area contributed by atoms with Gasteiger partial charge >= 0.3 is 5.97 Å². The summed E-state index contributed by atoms with van der Waals surface area (Å²) in [6.45, 7) is 6.52. The summed E-state index contributed by atoms with van der Waals surface area (Å²) in [6, 6.07) is -0.706. The van der Waals surface area contributed by atoms with Crippen LogP contribution in [0.4, 0.5) is 0 Å². The Kier molecular flexibility index (Phi) is 53.9. The van der Waals surface area contributed by atoms with E-state index in [-0.39, 0.29) is 24.9 Å². The smallest absolute Gasteiger partial charge is 0.306 e. The van der Waals surface area contributed by atoms with Gasteiger partial charge in [-0.1, -0.05) is 289 Å². The molecule has 3 atom stereocenters. The zero-order chi connectivity index (χ0) is 48.8. The third-order valence-corrected chi connectivity index (χ3v) is 14.1. The summed E-state index contributed by atoms with van der Waals surface area (Å²) in [6.07, 6.45) is 65.4. The molecule has 0 radical (unpaired) electrons. The summed E-state index contributed by atoms with van der Waals surface area (Å²) < 4.78 is 5.96. The molecule has 67 heavy (non-hydrogen) atoms. The maximum absolute atomic E-state index is 13.3. The van der Waals surface area contributed by atoms with Gasteiger partial charge in [-0.15, -0.1) is 0 Å². The Bertz CT molecular complexity index is 1060. The van der Waals surface area contributed by atoms with Crippen molar-refractivity contribution >= 4 is 11.9 Å². The molecule has 6 nitrogen and oxygen atoms in total. The highest BCUT2D eigenvalue weighted by atomic mass is 16.5. The van der Waals surface area contributed by atoms with Crippen LogP contribution in [0.1, 0.15) is 329 Å². The van der Waals surface area contributed by atoms with E-state index >= 15 is 0 Å². The summed E-state index contributed by atoms with van der Waals surface area (Å²) in [7, 11) is 0. The number of esters is 1. The predicted octanol–water partition coefficient (Wildman–Crippen LogP) is 18.6. The van der Waals surface area contributed by atoms with E-state index in [4.69, 9.17) is 4.74 Å². The SMILES string of the molecule is CCCCCCCCC/C=C/C=C/CCCCCC(CC(=O)NC(CO)C(O)CCCCCCCCCCCCCCC)OC(=O)CCCCCCCCCCCCCCCCCCCCC. The number of unbranched alkanes of at least 4 members (excludes halogenated alkanes) is 40. The number of aliphatic hydroxyl groups excluding tert-OH is 2. The van der Waals surface area contributed by atoms with Gasteiger partial charge < -0.3 is 20.3 Å². The lowest BCUT2D eigenvalue weighted by Crippen LogP contribution is -2.46. The van der Waals surface area contributed by atoms with Gasteiger partial charge in [-0.3, -0.25) is 9.59 Å². The zero-order valence-electron chi connectivity index (χ0n) is 45.3. The second-order valence-electron chi connectivity index (χ2n) is 20.8. The van der Waals surface area contributed by atoms with Crippen LogP contribution in [0.5, 0.6) is 0 Å². The van der Waals surface area contributed by atoms with Crippen molar-refractivity contribution in [3.63, 3.8) is 0 Å². The number of amides is 1. The van der Waals surface area contributed by atoms with Crippen LogP contribution < -0.4 is 5.32 Å². The number of nitrogens with one attached hydrogen (secondary N) is 1. The van der Waals surface area contributed by atoms with Gasteiger partial charge in [-0.25, -0.2) is 0 Å². The van der Waals surface area contributed by atoms with Gasteiger partial charge in [0.1, 0.15) is 6.10 Å². The molecular weight excluding hydrogens is 827 g/mol. The molecule has 0 fully saturated rings. The van der Waals surface area contributed by atoms with E-state index in [1.165, 1.54) is 218 Å². The number of aliphatic hydroxyl groups is 2. The van der Waals surface area contributed by atoms with Crippen molar-refractivity contribution in [2.24, 2.45) is 0 Å². The fourth-order valence-electron chi connectivity index (χ4n) is 9.48. The van der Waals surface area contributed by atoms with Crippen molar-refractivity contribution in [3.05, 3.63) is 24.3 Å². The standard InChI is InChI=1S/C61H117NO5/c1-4-7-10-13-16-19-22-25-27-29-30-31-33-36-39-42-45-48-51-54-61(66)67-57(52-49-46-43-40-37-35-32-28-26-23-20-17-14-11-8-5-2)55-60(65)62-58(56-63)59(64)53-50-47-44-41-38-34-24-21-18-15-12-9-6-3/h28,32,35,37,57-59,63-64H,4-27,29-31,33-34,36,38-56H2,1-3H3,(H,62,65)/b32-28+,37-35+. The minimum atomic E-state index is -0.791. The zero-order valence-corrected chi connectivity index (χ0v) is 45.3. The molecule has 0 saturated carbocycles. The number of ether oxygens (including phenoxy) is 1.